The van der Waals surface area contributed by atoms with Crippen LogP contribution in [-0.4, -0.2) is 29.6 Å². The molecule has 0 aliphatic heterocycles. The van der Waals surface area contributed by atoms with Gasteiger partial charge in [0.1, 0.15) is 11.6 Å². The first-order valence-electron chi connectivity index (χ1n) is 7.67. The molecule has 2 aromatic rings. The Hall–Kier alpha value is -2.60. The van der Waals surface area contributed by atoms with Crippen molar-refractivity contribution in [3.8, 4) is 5.75 Å². The molecule has 7 heteroatoms. The molecule has 0 aliphatic rings. The van der Waals surface area contributed by atoms with Crippen LogP contribution in [-0.2, 0) is 14.3 Å². The predicted molar refractivity (Wildman–Crippen MR) is 94.8 cm³/mol. The van der Waals surface area contributed by atoms with Crippen molar-refractivity contribution in [2.45, 2.75) is 26.9 Å². The average molecular weight is 363 g/mol. The van der Waals surface area contributed by atoms with E-state index in [1.54, 1.807) is 12.1 Å². The second kappa shape index (κ2) is 8.48. The van der Waals surface area contributed by atoms with E-state index in [1.807, 2.05) is 32.0 Å². The Balaban J connectivity index is 1.85. The molecule has 0 spiro atoms. The summed E-state index contributed by atoms with van der Waals surface area (Å²) >= 11 is 5.73. The van der Waals surface area contributed by atoms with Crippen LogP contribution in [0.1, 0.15) is 18.1 Å². The van der Waals surface area contributed by atoms with E-state index in [2.05, 4.69) is 10.3 Å². The third-order valence-corrected chi connectivity index (χ3v) is 3.62. The summed E-state index contributed by atoms with van der Waals surface area (Å²) in [6, 6.07) is 8.84. The predicted octanol–water partition coefficient (Wildman–Crippen LogP) is 3.30. The van der Waals surface area contributed by atoms with Crippen LogP contribution in [0.15, 0.2) is 36.5 Å². The van der Waals surface area contributed by atoms with Gasteiger partial charge in [-0.2, -0.15) is 0 Å². The minimum absolute atomic E-state index is 0.275. The van der Waals surface area contributed by atoms with Crippen LogP contribution in [0.25, 0.3) is 0 Å². The Kier molecular flexibility index (Phi) is 6.36. The number of anilines is 1. The van der Waals surface area contributed by atoms with E-state index in [-0.39, 0.29) is 6.61 Å². The Morgan fingerprint density at radius 2 is 1.88 bits per heavy atom. The number of para-hydroxylation sites is 1. The Labute approximate surface area is 151 Å². The normalized spacial score (nSPS) is 11.5. The van der Waals surface area contributed by atoms with Crippen molar-refractivity contribution in [3.05, 3.63) is 52.7 Å². The van der Waals surface area contributed by atoms with E-state index in [0.29, 0.717) is 16.6 Å². The van der Waals surface area contributed by atoms with Gasteiger partial charge in [-0.1, -0.05) is 29.8 Å². The fraction of sp³-hybridized carbons (Fsp3) is 0.278. The SMILES string of the molecule is Cc1cccc(C)c1OCC(=O)OC(C)C(=O)Nc1ccc(Cl)cn1. The molecule has 0 saturated heterocycles. The minimum Gasteiger partial charge on any atom is -0.481 e. The molecule has 1 heterocycles. The number of ether oxygens (including phenoxy) is 2. The topological polar surface area (TPSA) is 77.5 Å². The first-order chi connectivity index (χ1) is 11.9. The van der Waals surface area contributed by atoms with Crippen LogP contribution in [0.3, 0.4) is 0 Å². The highest BCUT2D eigenvalue weighted by Gasteiger charge is 2.19. The first-order valence-corrected chi connectivity index (χ1v) is 8.05. The molecule has 0 fully saturated rings. The zero-order valence-electron chi connectivity index (χ0n) is 14.2. The third-order valence-electron chi connectivity index (χ3n) is 3.40. The molecule has 25 heavy (non-hydrogen) atoms. The molecule has 2 rings (SSSR count). The van der Waals surface area contributed by atoms with Gasteiger partial charge >= 0.3 is 5.97 Å². The molecular formula is C18H19ClN2O4. The van der Waals surface area contributed by atoms with Crippen LogP contribution in [0.2, 0.25) is 5.02 Å². The minimum atomic E-state index is -0.980. The Morgan fingerprint density at radius 3 is 2.48 bits per heavy atom. The molecule has 1 amide bonds. The van der Waals surface area contributed by atoms with E-state index >= 15 is 0 Å². The van der Waals surface area contributed by atoms with Crippen LogP contribution in [0, 0.1) is 13.8 Å². The molecule has 6 nitrogen and oxygen atoms in total. The zero-order valence-corrected chi connectivity index (χ0v) is 15.0. The van der Waals surface area contributed by atoms with Gasteiger partial charge in [-0.3, -0.25) is 4.79 Å². The fourth-order valence-electron chi connectivity index (χ4n) is 2.12. The lowest BCUT2D eigenvalue weighted by Crippen LogP contribution is -2.32. The highest BCUT2D eigenvalue weighted by atomic mass is 35.5. The number of hydrogen-bond donors (Lipinski definition) is 1. The molecule has 1 atom stereocenters. The largest absolute Gasteiger partial charge is 0.481 e. The number of aromatic nitrogens is 1. The molecule has 0 aliphatic carbocycles. The smallest absolute Gasteiger partial charge is 0.344 e. The number of halogens is 1. The van der Waals surface area contributed by atoms with Crippen molar-refractivity contribution in [1.29, 1.82) is 0 Å². The van der Waals surface area contributed by atoms with Crippen molar-refractivity contribution in [2.24, 2.45) is 0 Å². The molecule has 0 bridgehead atoms. The number of carbonyl (C=O) groups excluding carboxylic acids is 2. The van der Waals surface area contributed by atoms with Crippen molar-refractivity contribution in [2.75, 3.05) is 11.9 Å². The summed E-state index contributed by atoms with van der Waals surface area (Å²) in [7, 11) is 0. The summed E-state index contributed by atoms with van der Waals surface area (Å²) < 4.78 is 10.6. The number of aryl methyl sites for hydroxylation is 2. The Morgan fingerprint density at radius 1 is 1.20 bits per heavy atom. The third kappa shape index (κ3) is 5.46. The zero-order chi connectivity index (χ0) is 18.4. The van der Waals surface area contributed by atoms with E-state index in [1.165, 1.54) is 13.1 Å². The second-order valence-corrected chi connectivity index (χ2v) is 5.93. The average Bonchev–Trinajstić information content (AvgIpc) is 2.56. The van der Waals surface area contributed by atoms with Crippen LogP contribution < -0.4 is 10.1 Å². The van der Waals surface area contributed by atoms with Crippen molar-refractivity contribution >= 4 is 29.3 Å². The van der Waals surface area contributed by atoms with E-state index in [9.17, 15) is 9.59 Å². The lowest BCUT2D eigenvalue weighted by atomic mass is 10.1. The van der Waals surface area contributed by atoms with Gasteiger partial charge in [0.05, 0.1) is 5.02 Å². The lowest BCUT2D eigenvalue weighted by Gasteiger charge is -2.15. The summed E-state index contributed by atoms with van der Waals surface area (Å²) in [5.74, 6) is -0.157. The highest BCUT2D eigenvalue weighted by Crippen LogP contribution is 2.22. The summed E-state index contributed by atoms with van der Waals surface area (Å²) in [6.07, 6.45) is 0.429. The summed E-state index contributed by atoms with van der Waals surface area (Å²) in [5, 5.41) is 3.00. The molecule has 1 N–H and O–H groups in total. The van der Waals surface area contributed by atoms with Crippen LogP contribution in [0.5, 0.6) is 5.75 Å². The monoisotopic (exact) mass is 362 g/mol. The number of esters is 1. The van der Waals surface area contributed by atoms with Gasteiger partial charge in [0, 0.05) is 6.20 Å². The Bertz CT molecular complexity index is 742. The van der Waals surface area contributed by atoms with Crippen LogP contribution >= 0.6 is 11.6 Å². The standard InChI is InChI=1S/C18H19ClN2O4/c1-11-5-4-6-12(2)17(11)24-10-16(22)25-13(3)18(23)21-15-8-7-14(19)9-20-15/h4-9,13H,10H2,1-3H3,(H,20,21,23). The first kappa shape index (κ1) is 18.7. The number of amides is 1. The van der Waals surface area contributed by atoms with Gasteiger partial charge in [-0.25, -0.2) is 9.78 Å². The summed E-state index contributed by atoms with van der Waals surface area (Å²) in [4.78, 5) is 27.8. The van der Waals surface area contributed by atoms with Gasteiger partial charge in [0.2, 0.25) is 0 Å². The van der Waals surface area contributed by atoms with Crippen LogP contribution in [0.4, 0.5) is 5.82 Å². The van der Waals surface area contributed by atoms with Gasteiger partial charge in [-0.05, 0) is 44.0 Å². The van der Waals surface area contributed by atoms with Gasteiger partial charge in [0.15, 0.2) is 12.7 Å². The number of carbonyl (C=O) groups is 2. The number of nitrogens with zero attached hydrogens (tertiary/aromatic N) is 1. The number of benzene rings is 1. The maximum absolute atomic E-state index is 12.0. The fourth-order valence-corrected chi connectivity index (χ4v) is 2.23. The maximum Gasteiger partial charge on any atom is 0.344 e. The number of hydrogen-bond acceptors (Lipinski definition) is 5. The maximum atomic E-state index is 12.0. The van der Waals surface area contributed by atoms with Crippen molar-refractivity contribution in [3.63, 3.8) is 0 Å². The van der Waals surface area contributed by atoms with Gasteiger partial charge in [-0.15, -0.1) is 0 Å². The second-order valence-electron chi connectivity index (χ2n) is 5.49. The molecule has 132 valence electrons. The number of nitrogens with one attached hydrogen (secondary N) is 1. The van der Waals surface area contributed by atoms with Gasteiger partial charge in [0.25, 0.3) is 5.91 Å². The van der Waals surface area contributed by atoms with Crippen molar-refractivity contribution < 1.29 is 19.1 Å². The van der Waals surface area contributed by atoms with Gasteiger partial charge < -0.3 is 14.8 Å². The highest BCUT2D eigenvalue weighted by molar-refractivity contribution is 6.30. The number of rotatable bonds is 6. The molecule has 1 unspecified atom stereocenters. The quantitative estimate of drug-likeness (QED) is 0.798. The summed E-state index contributed by atoms with van der Waals surface area (Å²) in [5.41, 5.74) is 1.85. The van der Waals surface area contributed by atoms with Crippen molar-refractivity contribution in [1.82, 2.24) is 4.98 Å². The molecular weight excluding hydrogens is 344 g/mol. The van der Waals surface area contributed by atoms with E-state index < -0.39 is 18.0 Å². The molecule has 0 radical (unpaired) electrons. The lowest BCUT2D eigenvalue weighted by molar-refractivity contribution is -0.155. The molecule has 1 aromatic heterocycles. The molecule has 0 saturated carbocycles. The van der Waals surface area contributed by atoms with E-state index in [4.69, 9.17) is 21.1 Å². The summed E-state index contributed by atoms with van der Waals surface area (Å²) in [6.45, 7) is 4.98. The molecule has 1 aromatic carbocycles. The van der Waals surface area contributed by atoms with E-state index in [0.717, 1.165) is 11.1 Å². The number of pyridine rings is 1.